The third-order valence-corrected chi connectivity index (χ3v) is 2.18. The van der Waals surface area contributed by atoms with Gasteiger partial charge < -0.3 is 20.3 Å². The van der Waals surface area contributed by atoms with Crippen LogP contribution >= 0.6 is 0 Å². The fourth-order valence-corrected chi connectivity index (χ4v) is 1.61. The Morgan fingerprint density at radius 2 is 2.31 bits per heavy atom. The monoisotopic (exact) mass is 189 g/mol. The van der Waals surface area contributed by atoms with Crippen LogP contribution in [-0.4, -0.2) is 36.8 Å². The van der Waals surface area contributed by atoms with Gasteiger partial charge in [-0.1, -0.05) is 0 Å². The minimum atomic E-state index is -0.304. The van der Waals surface area contributed by atoms with E-state index in [0.29, 0.717) is 26.0 Å². The maximum atomic E-state index is 9.50. The Balaban J connectivity index is 2.33. The Hall–Kier alpha value is -0.160. The molecule has 78 valence electrons. The predicted molar refractivity (Wildman–Crippen MR) is 49.2 cm³/mol. The van der Waals surface area contributed by atoms with Gasteiger partial charge in [0.2, 0.25) is 0 Å². The second-order valence-corrected chi connectivity index (χ2v) is 3.35. The smallest absolute Gasteiger partial charge is 0.160 e. The van der Waals surface area contributed by atoms with Crippen molar-refractivity contribution in [2.75, 3.05) is 13.2 Å². The van der Waals surface area contributed by atoms with Crippen LogP contribution in [0.15, 0.2) is 0 Å². The van der Waals surface area contributed by atoms with E-state index >= 15 is 0 Å². The first-order valence-electron chi connectivity index (χ1n) is 4.91. The number of ether oxygens (including phenoxy) is 2. The van der Waals surface area contributed by atoms with Crippen LogP contribution in [0.4, 0.5) is 0 Å². The molecule has 1 saturated heterocycles. The summed E-state index contributed by atoms with van der Waals surface area (Å²) < 4.78 is 10.9. The molecule has 0 saturated carbocycles. The van der Waals surface area contributed by atoms with E-state index in [2.05, 4.69) is 0 Å². The lowest BCUT2D eigenvalue weighted by Crippen LogP contribution is -2.38. The van der Waals surface area contributed by atoms with Gasteiger partial charge in [0.25, 0.3) is 0 Å². The van der Waals surface area contributed by atoms with Gasteiger partial charge in [0.15, 0.2) is 6.29 Å². The molecule has 1 fully saturated rings. The van der Waals surface area contributed by atoms with Crippen LogP contribution in [0.5, 0.6) is 0 Å². The fraction of sp³-hybridized carbons (Fsp3) is 1.00. The average molecular weight is 189 g/mol. The molecule has 0 radical (unpaired) electrons. The van der Waals surface area contributed by atoms with Gasteiger partial charge in [0.05, 0.1) is 12.2 Å². The predicted octanol–water partition coefficient (Wildman–Crippen LogP) is 0.238. The molecular formula is C9H19NO3. The lowest BCUT2D eigenvalue weighted by Gasteiger charge is -2.32. The minimum absolute atomic E-state index is 0.0605. The SMILES string of the molecule is CCOC1C[C@H](O)C[C@@H](CCN)O1. The molecule has 4 nitrogen and oxygen atoms in total. The summed E-state index contributed by atoms with van der Waals surface area (Å²) in [6.45, 7) is 3.13. The number of aliphatic hydroxyl groups is 1. The Kier molecular flexibility index (Phi) is 4.66. The Morgan fingerprint density at radius 3 is 2.92 bits per heavy atom. The normalized spacial score (nSPS) is 34.8. The van der Waals surface area contributed by atoms with Crippen LogP contribution in [0, 0.1) is 0 Å². The highest BCUT2D eigenvalue weighted by Crippen LogP contribution is 2.21. The number of aliphatic hydroxyl groups excluding tert-OH is 1. The molecule has 0 aromatic carbocycles. The number of hydrogen-bond donors (Lipinski definition) is 2. The van der Waals surface area contributed by atoms with Gasteiger partial charge in [-0.3, -0.25) is 0 Å². The van der Waals surface area contributed by atoms with Gasteiger partial charge in [0, 0.05) is 13.0 Å². The summed E-state index contributed by atoms with van der Waals surface area (Å²) in [5.41, 5.74) is 5.42. The van der Waals surface area contributed by atoms with E-state index in [-0.39, 0.29) is 18.5 Å². The molecule has 0 aromatic rings. The summed E-state index contributed by atoms with van der Waals surface area (Å²) in [5, 5.41) is 9.50. The third kappa shape index (κ3) is 3.60. The number of hydrogen-bond acceptors (Lipinski definition) is 4. The molecule has 4 heteroatoms. The van der Waals surface area contributed by atoms with Crippen molar-refractivity contribution in [3.05, 3.63) is 0 Å². The fourth-order valence-electron chi connectivity index (χ4n) is 1.61. The molecule has 3 N–H and O–H groups in total. The molecule has 1 aliphatic heterocycles. The van der Waals surface area contributed by atoms with Crippen molar-refractivity contribution >= 4 is 0 Å². The Bertz CT molecular complexity index is 129. The summed E-state index contributed by atoms with van der Waals surface area (Å²) in [5.74, 6) is 0. The molecule has 1 unspecified atom stereocenters. The van der Waals surface area contributed by atoms with Crippen LogP contribution < -0.4 is 5.73 Å². The van der Waals surface area contributed by atoms with E-state index in [1.165, 1.54) is 0 Å². The van der Waals surface area contributed by atoms with Crippen molar-refractivity contribution in [3.8, 4) is 0 Å². The highest BCUT2D eigenvalue weighted by Gasteiger charge is 2.27. The van der Waals surface area contributed by atoms with Crippen molar-refractivity contribution < 1.29 is 14.6 Å². The molecule has 0 bridgehead atoms. The summed E-state index contributed by atoms with van der Waals surface area (Å²) >= 11 is 0. The molecule has 1 rings (SSSR count). The topological polar surface area (TPSA) is 64.7 Å². The van der Waals surface area contributed by atoms with Crippen molar-refractivity contribution in [3.63, 3.8) is 0 Å². The first kappa shape index (κ1) is 10.9. The van der Waals surface area contributed by atoms with Gasteiger partial charge in [0.1, 0.15) is 0 Å². The van der Waals surface area contributed by atoms with Gasteiger partial charge in [-0.25, -0.2) is 0 Å². The molecule has 0 aliphatic carbocycles. The van der Waals surface area contributed by atoms with E-state index in [1.807, 2.05) is 6.92 Å². The zero-order valence-corrected chi connectivity index (χ0v) is 8.11. The number of rotatable bonds is 4. The molecule has 1 aliphatic rings. The maximum Gasteiger partial charge on any atom is 0.160 e. The van der Waals surface area contributed by atoms with Gasteiger partial charge in [-0.05, 0) is 26.3 Å². The molecular weight excluding hydrogens is 170 g/mol. The van der Waals surface area contributed by atoms with Crippen molar-refractivity contribution in [2.45, 2.75) is 44.7 Å². The summed E-state index contributed by atoms with van der Waals surface area (Å²) in [6.07, 6.45) is 1.56. The van der Waals surface area contributed by atoms with Gasteiger partial charge in [-0.15, -0.1) is 0 Å². The van der Waals surface area contributed by atoms with E-state index in [0.717, 1.165) is 6.42 Å². The molecule has 0 amide bonds. The molecule has 3 atom stereocenters. The summed E-state index contributed by atoms with van der Waals surface area (Å²) in [6, 6.07) is 0. The lowest BCUT2D eigenvalue weighted by atomic mass is 10.0. The molecule has 0 aromatic heterocycles. The quantitative estimate of drug-likeness (QED) is 0.665. The standard InChI is InChI=1S/C9H19NO3/c1-2-12-9-6-7(11)5-8(13-9)3-4-10/h7-9,11H,2-6,10H2,1H3/t7-,8-,9?/m1/s1. The lowest BCUT2D eigenvalue weighted by molar-refractivity contribution is -0.213. The largest absolute Gasteiger partial charge is 0.393 e. The minimum Gasteiger partial charge on any atom is -0.393 e. The highest BCUT2D eigenvalue weighted by atomic mass is 16.7. The molecule has 1 heterocycles. The third-order valence-electron chi connectivity index (χ3n) is 2.18. The van der Waals surface area contributed by atoms with Crippen LogP contribution in [-0.2, 0) is 9.47 Å². The summed E-state index contributed by atoms with van der Waals surface area (Å²) in [7, 11) is 0. The van der Waals surface area contributed by atoms with E-state index in [4.69, 9.17) is 15.2 Å². The van der Waals surface area contributed by atoms with Crippen LogP contribution in [0.1, 0.15) is 26.2 Å². The first-order chi connectivity index (χ1) is 6.26. The van der Waals surface area contributed by atoms with Gasteiger partial charge in [-0.2, -0.15) is 0 Å². The zero-order chi connectivity index (χ0) is 9.68. The Morgan fingerprint density at radius 1 is 1.54 bits per heavy atom. The van der Waals surface area contributed by atoms with Crippen LogP contribution in [0.2, 0.25) is 0 Å². The van der Waals surface area contributed by atoms with Crippen molar-refractivity contribution in [1.29, 1.82) is 0 Å². The first-order valence-corrected chi connectivity index (χ1v) is 4.91. The second-order valence-electron chi connectivity index (χ2n) is 3.35. The van der Waals surface area contributed by atoms with E-state index < -0.39 is 0 Å². The van der Waals surface area contributed by atoms with Crippen LogP contribution in [0.3, 0.4) is 0 Å². The Labute approximate surface area is 79.0 Å². The van der Waals surface area contributed by atoms with Crippen molar-refractivity contribution in [1.82, 2.24) is 0 Å². The van der Waals surface area contributed by atoms with Gasteiger partial charge >= 0.3 is 0 Å². The summed E-state index contributed by atoms with van der Waals surface area (Å²) in [4.78, 5) is 0. The van der Waals surface area contributed by atoms with E-state index in [9.17, 15) is 5.11 Å². The second kappa shape index (κ2) is 5.54. The molecule has 0 spiro atoms. The zero-order valence-electron chi connectivity index (χ0n) is 8.11. The highest BCUT2D eigenvalue weighted by molar-refractivity contribution is 4.73. The number of nitrogens with two attached hydrogens (primary N) is 1. The van der Waals surface area contributed by atoms with E-state index in [1.54, 1.807) is 0 Å². The average Bonchev–Trinajstić information content (AvgIpc) is 2.04. The molecule has 13 heavy (non-hydrogen) atoms. The maximum absolute atomic E-state index is 9.50. The van der Waals surface area contributed by atoms with Crippen molar-refractivity contribution in [2.24, 2.45) is 5.73 Å². The van der Waals surface area contributed by atoms with Crippen LogP contribution in [0.25, 0.3) is 0 Å².